The highest BCUT2D eigenvalue weighted by Crippen LogP contribution is 2.26. The minimum atomic E-state index is -0.718. The van der Waals surface area contributed by atoms with E-state index >= 15 is 0 Å². The number of benzene rings is 2. The summed E-state index contributed by atoms with van der Waals surface area (Å²) in [5.74, 6) is -0.377. The van der Waals surface area contributed by atoms with Crippen molar-refractivity contribution in [3.8, 4) is 0 Å². The zero-order valence-electron chi connectivity index (χ0n) is 11.9. The number of aliphatic hydroxyl groups excluding tert-OH is 1. The summed E-state index contributed by atoms with van der Waals surface area (Å²) in [7, 11) is 0. The molecule has 0 aromatic heterocycles. The smallest absolute Gasteiger partial charge is 0.127 e. The quantitative estimate of drug-likeness (QED) is 0.871. The molecule has 0 heterocycles. The molecule has 0 aliphatic carbocycles. The number of aryl methyl sites for hydroxylation is 3. The van der Waals surface area contributed by atoms with Crippen molar-refractivity contribution in [1.29, 1.82) is 0 Å². The zero-order valence-corrected chi connectivity index (χ0v) is 12.6. The Bertz CT molecular complexity index is 637. The van der Waals surface area contributed by atoms with Gasteiger partial charge in [-0.25, -0.2) is 4.39 Å². The molecule has 20 heavy (non-hydrogen) atoms. The van der Waals surface area contributed by atoms with Gasteiger partial charge in [0, 0.05) is 11.4 Å². The average Bonchev–Trinajstić information content (AvgIpc) is 2.37. The van der Waals surface area contributed by atoms with E-state index in [0.29, 0.717) is 10.6 Å². The van der Waals surface area contributed by atoms with Gasteiger partial charge in [-0.3, -0.25) is 0 Å². The van der Waals surface area contributed by atoms with E-state index in [1.165, 1.54) is 11.6 Å². The Morgan fingerprint density at radius 3 is 2.35 bits per heavy atom. The Kier molecular flexibility index (Phi) is 4.46. The van der Waals surface area contributed by atoms with Gasteiger partial charge in [-0.05, 0) is 60.7 Å². The van der Waals surface area contributed by atoms with E-state index < -0.39 is 6.10 Å². The highest BCUT2D eigenvalue weighted by atomic mass is 35.5. The maximum absolute atomic E-state index is 13.8. The summed E-state index contributed by atoms with van der Waals surface area (Å²) in [6.45, 7) is 6.01. The normalized spacial score (nSPS) is 12.5. The summed E-state index contributed by atoms with van der Waals surface area (Å²) in [6, 6.07) is 8.56. The van der Waals surface area contributed by atoms with Crippen molar-refractivity contribution in [2.75, 3.05) is 0 Å². The third-order valence-corrected chi connectivity index (χ3v) is 3.90. The van der Waals surface area contributed by atoms with E-state index in [2.05, 4.69) is 0 Å². The number of hydrogen-bond acceptors (Lipinski definition) is 1. The van der Waals surface area contributed by atoms with Crippen LogP contribution in [0.4, 0.5) is 4.39 Å². The lowest BCUT2D eigenvalue weighted by molar-refractivity contribution is 0.176. The highest BCUT2D eigenvalue weighted by Gasteiger charge is 2.15. The van der Waals surface area contributed by atoms with Crippen LogP contribution in [0.3, 0.4) is 0 Å². The second-order valence-electron chi connectivity index (χ2n) is 5.25. The van der Waals surface area contributed by atoms with E-state index in [0.717, 1.165) is 16.7 Å². The van der Waals surface area contributed by atoms with E-state index in [-0.39, 0.29) is 12.2 Å². The summed E-state index contributed by atoms with van der Waals surface area (Å²) >= 11 is 5.73. The van der Waals surface area contributed by atoms with Crippen LogP contribution >= 0.6 is 11.6 Å². The second kappa shape index (κ2) is 5.94. The molecule has 106 valence electrons. The summed E-state index contributed by atoms with van der Waals surface area (Å²) in [6.07, 6.45) is -0.475. The minimum absolute atomic E-state index is 0.242. The van der Waals surface area contributed by atoms with Crippen molar-refractivity contribution in [1.82, 2.24) is 0 Å². The molecule has 1 unspecified atom stereocenters. The van der Waals surface area contributed by atoms with Gasteiger partial charge in [-0.15, -0.1) is 0 Å². The summed E-state index contributed by atoms with van der Waals surface area (Å²) in [4.78, 5) is 0. The molecule has 0 fully saturated rings. The third-order valence-electron chi connectivity index (χ3n) is 3.67. The van der Waals surface area contributed by atoms with Gasteiger partial charge in [0.15, 0.2) is 0 Å². The Balaban J connectivity index is 2.28. The molecule has 2 aromatic carbocycles. The topological polar surface area (TPSA) is 20.2 Å². The fraction of sp³-hybridized carbons (Fsp3) is 0.294. The van der Waals surface area contributed by atoms with Gasteiger partial charge >= 0.3 is 0 Å². The first-order valence-electron chi connectivity index (χ1n) is 6.58. The average molecular weight is 293 g/mol. The maximum atomic E-state index is 13.8. The molecule has 1 nitrogen and oxygen atoms in total. The number of aliphatic hydroxyl groups is 1. The number of rotatable bonds is 3. The van der Waals surface area contributed by atoms with E-state index in [1.54, 1.807) is 12.1 Å². The largest absolute Gasteiger partial charge is 0.388 e. The molecule has 1 N–H and O–H groups in total. The van der Waals surface area contributed by atoms with Gasteiger partial charge in [-0.1, -0.05) is 29.8 Å². The van der Waals surface area contributed by atoms with E-state index in [1.807, 2.05) is 32.9 Å². The molecule has 2 aromatic rings. The molecule has 0 amide bonds. The van der Waals surface area contributed by atoms with Crippen molar-refractivity contribution in [2.45, 2.75) is 33.3 Å². The fourth-order valence-corrected chi connectivity index (χ4v) is 2.51. The van der Waals surface area contributed by atoms with Crippen molar-refractivity contribution < 1.29 is 9.50 Å². The van der Waals surface area contributed by atoms with Crippen LogP contribution in [0.2, 0.25) is 5.02 Å². The highest BCUT2D eigenvalue weighted by molar-refractivity contribution is 6.30. The second-order valence-corrected chi connectivity index (χ2v) is 5.69. The van der Waals surface area contributed by atoms with Gasteiger partial charge in [0.05, 0.1) is 6.10 Å². The lowest BCUT2D eigenvalue weighted by atomic mass is 9.94. The predicted octanol–water partition coefficient (Wildman–Crippen LogP) is 4.68. The lowest BCUT2D eigenvalue weighted by Crippen LogP contribution is -2.06. The molecule has 2 rings (SSSR count). The van der Waals surface area contributed by atoms with Crippen LogP contribution in [0.15, 0.2) is 30.3 Å². The lowest BCUT2D eigenvalue weighted by Gasteiger charge is -2.16. The summed E-state index contributed by atoms with van der Waals surface area (Å²) < 4.78 is 13.8. The molecule has 1 atom stereocenters. The minimum Gasteiger partial charge on any atom is -0.388 e. The van der Waals surface area contributed by atoms with Crippen molar-refractivity contribution in [3.05, 3.63) is 69.0 Å². The van der Waals surface area contributed by atoms with E-state index in [4.69, 9.17) is 11.6 Å². The molecule has 0 saturated heterocycles. The Labute approximate surface area is 124 Å². The Hall–Kier alpha value is -1.38. The van der Waals surface area contributed by atoms with Crippen molar-refractivity contribution in [3.63, 3.8) is 0 Å². The summed E-state index contributed by atoms with van der Waals surface area (Å²) in [5.41, 5.74) is 4.66. The van der Waals surface area contributed by atoms with Crippen molar-refractivity contribution >= 4 is 11.6 Å². The van der Waals surface area contributed by atoms with Crippen LogP contribution in [-0.4, -0.2) is 5.11 Å². The monoisotopic (exact) mass is 292 g/mol. The first kappa shape index (κ1) is 15.0. The Morgan fingerprint density at radius 2 is 1.70 bits per heavy atom. The fourth-order valence-electron chi connectivity index (χ4n) is 2.35. The maximum Gasteiger partial charge on any atom is 0.127 e. The number of hydrogen-bond donors (Lipinski definition) is 1. The SMILES string of the molecule is Cc1cc(C)c(C(O)Cc2ccc(Cl)cc2F)cc1C. The van der Waals surface area contributed by atoms with Gasteiger partial charge in [0.2, 0.25) is 0 Å². The Morgan fingerprint density at radius 1 is 1.05 bits per heavy atom. The van der Waals surface area contributed by atoms with Crippen LogP contribution in [0.5, 0.6) is 0 Å². The standard InChI is InChI=1S/C17H18ClFO/c1-10-6-12(3)15(7-11(10)2)17(20)8-13-4-5-14(18)9-16(13)19/h4-7,9,17,20H,8H2,1-3H3. The summed E-state index contributed by atoms with van der Waals surface area (Å²) in [5, 5.41) is 10.7. The van der Waals surface area contributed by atoms with Crippen LogP contribution in [0.25, 0.3) is 0 Å². The van der Waals surface area contributed by atoms with Gasteiger partial charge in [0.25, 0.3) is 0 Å². The van der Waals surface area contributed by atoms with Crippen LogP contribution in [-0.2, 0) is 6.42 Å². The molecule has 0 spiro atoms. The van der Waals surface area contributed by atoms with Gasteiger partial charge < -0.3 is 5.11 Å². The van der Waals surface area contributed by atoms with Crippen LogP contribution < -0.4 is 0 Å². The van der Waals surface area contributed by atoms with Gasteiger partial charge in [-0.2, -0.15) is 0 Å². The first-order chi connectivity index (χ1) is 9.38. The zero-order chi connectivity index (χ0) is 14.9. The molecule has 0 bridgehead atoms. The number of halogens is 2. The molecular formula is C17H18ClFO. The molecule has 0 aliphatic rings. The molecule has 0 saturated carbocycles. The van der Waals surface area contributed by atoms with Crippen LogP contribution in [0.1, 0.15) is 33.9 Å². The molecule has 0 radical (unpaired) electrons. The first-order valence-corrected chi connectivity index (χ1v) is 6.96. The van der Waals surface area contributed by atoms with Crippen LogP contribution in [0, 0.1) is 26.6 Å². The van der Waals surface area contributed by atoms with E-state index in [9.17, 15) is 9.50 Å². The van der Waals surface area contributed by atoms with Crippen molar-refractivity contribution in [2.24, 2.45) is 0 Å². The molecule has 3 heteroatoms. The molecule has 0 aliphatic heterocycles. The molecular weight excluding hydrogens is 275 g/mol. The van der Waals surface area contributed by atoms with Gasteiger partial charge in [0.1, 0.15) is 5.82 Å². The third kappa shape index (κ3) is 3.20. The predicted molar refractivity (Wildman–Crippen MR) is 80.7 cm³/mol.